The Kier molecular flexibility index (Phi) is 14.0. The third-order valence-corrected chi connectivity index (χ3v) is 6.45. The molecular formula is C30H42F3N3O. The fourth-order valence-corrected chi connectivity index (χ4v) is 4.22. The first kappa shape index (κ1) is 30.5. The number of unbranched alkanes of at least 4 members (excludes halogenated alkanes) is 10. The van der Waals surface area contributed by atoms with Crippen molar-refractivity contribution >= 4 is 22.8 Å². The molecule has 2 rings (SSSR count). The largest absolute Gasteiger partial charge is 0.454 e. The molecule has 4 nitrogen and oxygen atoms in total. The van der Waals surface area contributed by atoms with Gasteiger partial charge in [-0.3, -0.25) is 4.79 Å². The van der Waals surface area contributed by atoms with Crippen molar-refractivity contribution in [1.82, 2.24) is 0 Å². The molecule has 0 aliphatic heterocycles. The van der Waals surface area contributed by atoms with E-state index in [9.17, 15) is 18.0 Å². The predicted octanol–water partition coefficient (Wildman–Crippen LogP) is 10.4. The number of Topliss-reactive ketones (excluding diaryl/α,β-unsaturated/α-hetero) is 1. The van der Waals surface area contributed by atoms with E-state index in [2.05, 4.69) is 41.1 Å². The Morgan fingerprint density at radius 3 is 1.49 bits per heavy atom. The first-order chi connectivity index (χ1) is 17.8. The number of carbonyl (C=O) groups is 1. The number of hydrogen-bond donors (Lipinski definition) is 0. The summed E-state index contributed by atoms with van der Waals surface area (Å²) < 4.78 is 37.7. The molecular weight excluding hydrogens is 475 g/mol. The van der Waals surface area contributed by atoms with E-state index < -0.39 is 17.5 Å². The van der Waals surface area contributed by atoms with E-state index in [1.54, 1.807) is 0 Å². The highest BCUT2D eigenvalue weighted by Gasteiger charge is 2.39. The Balaban J connectivity index is 1.95. The monoisotopic (exact) mass is 517 g/mol. The molecule has 0 bridgehead atoms. The van der Waals surface area contributed by atoms with Gasteiger partial charge in [0.05, 0.1) is 11.4 Å². The normalized spacial score (nSPS) is 11.8. The molecule has 37 heavy (non-hydrogen) atoms. The van der Waals surface area contributed by atoms with Crippen molar-refractivity contribution in [2.75, 3.05) is 18.0 Å². The number of anilines is 1. The lowest BCUT2D eigenvalue weighted by Gasteiger charge is -2.25. The van der Waals surface area contributed by atoms with Crippen LogP contribution in [0, 0.1) is 0 Å². The van der Waals surface area contributed by atoms with Gasteiger partial charge in [-0.05, 0) is 61.4 Å². The number of carbonyl (C=O) groups excluding carboxylic acids is 1. The zero-order chi connectivity index (χ0) is 26.9. The molecule has 0 heterocycles. The fourth-order valence-electron chi connectivity index (χ4n) is 4.22. The van der Waals surface area contributed by atoms with Gasteiger partial charge in [0.1, 0.15) is 0 Å². The summed E-state index contributed by atoms with van der Waals surface area (Å²) in [4.78, 5) is 13.8. The summed E-state index contributed by atoms with van der Waals surface area (Å²) in [7, 11) is 0. The Hall–Kier alpha value is -2.70. The van der Waals surface area contributed by atoms with Gasteiger partial charge in [0.15, 0.2) is 0 Å². The van der Waals surface area contributed by atoms with Crippen LogP contribution >= 0.6 is 0 Å². The molecule has 0 radical (unpaired) electrons. The van der Waals surface area contributed by atoms with E-state index in [4.69, 9.17) is 0 Å². The number of alkyl halides is 3. The first-order valence-corrected chi connectivity index (χ1v) is 13.8. The second-order valence-corrected chi connectivity index (χ2v) is 9.61. The molecule has 0 saturated heterocycles. The van der Waals surface area contributed by atoms with Crippen LogP contribution in [0.1, 0.15) is 101 Å². The molecule has 204 valence electrons. The Morgan fingerprint density at radius 1 is 0.649 bits per heavy atom. The topological polar surface area (TPSA) is 45.0 Å². The van der Waals surface area contributed by atoms with E-state index in [0.29, 0.717) is 11.4 Å². The molecule has 0 saturated carbocycles. The van der Waals surface area contributed by atoms with Crippen LogP contribution in [0.2, 0.25) is 0 Å². The minimum atomic E-state index is -4.89. The van der Waals surface area contributed by atoms with Crippen LogP contribution in [-0.4, -0.2) is 25.0 Å². The quantitative estimate of drug-likeness (QED) is 0.112. The van der Waals surface area contributed by atoms with Crippen molar-refractivity contribution in [3.8, 4) is 0 Å². The van der Waals surface area contributed by atoms with Gasteiger partial charge < -0.3 is 4.90 Å². The summed E-state index contributed by atoms with van der Waals surface area (Å²) in [6.45, 7) is 6.57. The maximum absolute atomic E-state index is 12.6. The van der Waals surface area contributed by atoms with E-state index in [1.165, 1.54) is 94.9 Å². The van der Waals surface area contributed by atoms with Crippen molar-refractivity contribution in [3.63, 3.8) is 0 Å². The number of rotatable bonds is 18. The van der Waals surface area contributed by atoms with E-state index in [1.807, 2.05) is 12.1 Å². The van der Waals surface area contributed by atoms with Crippen molar-refractivity contribution in [3.05, 3.63) is 54.1 Å². The lowest BCUT2D eigenvalue weighted by atomic mass is 10.1. The van der Waals surface area contributed by atoms with E-state index >= 15 is 0 Å². The maximum atomic E-state index is 12.6. The minimum Gasteiger partial charge on any atom is -0.372 e. The number of nitrogens with zero attached hydrogens (tertiary/aromatic N) is 3. The molecule has 0 N–H and O–H groups in total. The van der Waals surface area contributed by atoms with Crippen molar-refractivity contribution in [1.29, 1.82) is 0 Å². The fraction of sp³-hybridized carbons (Fsp3) is 0.567. The van der Waals surface area contributed by atoms with Crippen LogP contribution in [0.4, 0.5) is 30.2 Å². The lowest BCUT2D eigenvalue weighted by Crippen LogP contribution is -2.25. The van der Waals surface area contributed by atoms with Gasteiger partial charge in [-0.15, -0.1) is 0 Å². The number of hydrogen-bond acceptors (Lipinski definition) is 4. The number of ketones is 1. The highest BCUT2D eigenvalue weighted by Crippen LogP contribution is 2.26. The predicted molar refractivity (Wildman–Crippen MR) is 146 cm³/mol. The van der Waals surface area contributed by atoms with Gasteiger partial charge >= 0.3 is 6.18 Å². The molecule has 0 fully saturated rings. The average molecular weight is 518 g/mol. The standard InChI is InChI=1S/C30H42F3N3O/c1-3-5-7-9-11-13-23-36(24-14-12-10-8-6-4-2)28-21-19-27(20-22-28)35-34-26-17-15-25(16-18-26)29(37)30(31,32)33/h15-22H,3-14,23-24H2,1-2H3. The lowest BCUT2D eigenvalue weighted by molar-refractivity contribution is -0.0885. The number of halogens is 3. The third-order valence-electron chi connectivity index (χ3n) is 6.45. The highest BCUT2D eigenvalue weighted by molar-refractivity contribution is 6.00. The van der Waals surface area contributed by atoms with Crippen LogP contribution in [-0.2, 0) is 0 Å². The van der Waals surface area contributed by atoms with Gasteiger partial charge in [-0.2, -0.15) is 23.4 Å². The molecule has 7 heteroatoms. The van der Waals surface area contributed by atoms with E-state index in [-0.39, 0.29) is 0 Å². The molecule has 0 atom stereocenters. The Bertz CT molecular complexity index is 909. The van der Waals surface area contributed by atoms with Gasteiger partial charge in [-0.1, -0.05) is 78.1 Å². The van der Waals surface area contributed by atoms with Crippen LogP contribution < -0.4 is 4.90 Å². The third kappa shape index (κ3) is 11.9. The molecule has 0 aliphatic rings. The van der Waals surface area contributed by atoms with Crippen LogP contribution in [0.3, 0.4) is 0 Å². The summed E-state index contributed by atoms with van der Waals surface area (Å²) in [5.74, 6) is -1.86. The zero-order valence-corrected chi connectivity index (χ0v) is 22.4. The molecule has 0 aliphatic carbocycles. The minimum absolute atomic E-state index is 0.385. The Labute approximate surface area is 220 Å². The molecule has 0 spiro atoms. The molecule has 0 aromatic heterocycles. The van der Waals surface area contributed by atoms with Gasteiger partial charge in [0, 0.05) is 24.3 Å². The van der Waals surface area contributed by atoms with Crippen LogP contribution in [0.15, 0.2) is 58.8 Å². The van der Waals surface area contributed by atoms with Crippen molar-refractivity contribution in [2.45, 2.75) is 97.1 Å². The molecule has 2 aromatic carbocycles. The zero-order valence-electron chi connectivity index (χ0n) is 22.4. The smallest absolute Gasteiger partial charge is 0.372 e. The second-order valence-electron chi connectivity index (χ2n) is 9.61. The number of azo groups is 1. The van der Waals surface area contributed by atoms with Crippen molar-refractivity contribution < 1.29 is 18.0 Å². The number of benzene rings is 2. The average Bonchev–Trinajstić information content (AvgIpc) is 2.90. The summed E-state index contributed by atoms with van der Waals surface area (Å²) in [5.41, 5.74) is 1.82. The SMILES string of the molecule is CCCCCCCCN(CCCCCCCC)c1ccc(N=Nc2ccc(C(=O)C(F)(F)F)cc2)cc1. The van der Waals surface area contributed by atoms with Crippen molar-refractivity contribution in [2.24, 2.45) is 10.2 Å². The summed E-state index contributed by atoms with van der Waals surface area (Å²) in [5, 5.41) is 8.31. The second kappa shape index (κ2) is 16.9. The Morgan fingerprint density at radius 2 is 1.05 bits per heavy atom. The molecule has 0 amide bonds. The maximum Gasteiger partial charge on any atom is 0.454 e. The van der Waals surface area contributed by atoms with Gasteiger partial charge in [0.25, 0.3) is 5.78 Å². The van der Waals surface area contributed by atoms with Gasteiger partial charge in [0.2, 0.25) is 0 Å². The van der Waals surface area contributed by atoms with Crippen LogP contribution in [0.25, 0.3) is 0 Å². The first-order valence-electron chi connectivity index (χ1n) is 13.8. The van der Waals surface area contributed by atoms with Gasteiger partial charge in [-0.25, -0.2) is 0 Å². The highest BCUT2D eigenvalue weighted by atomic mass is 19.4. The molecule has 2 aromatic rings. The molecule has 0 unspecified atom stereocenters. The van der Waals surface area contributed by atoms with E-state index in [0.717, 1.165) is 25.2 Å². The summed E-state index contributed by atoms with van der Waals surface area (Å²) >= 11 is 0. The summed E-state index contributed by atoms with van der Waals surface area (Å²) in [6, 6.07) is 12.9. The summed E-state index contributed by atoms with van der Waals surface area (Å²) in [6.07, 6.45) is 10.4. The van der Waals surface area contributed by atoms with Crippen LogP contribution in [0.5, 0.6) is 0 Å².